The van der Waals surface area contributed by atoms with E-state index in [1.165, 1.54) is 0 Å². The molecule has 1 N–H and O–H groups in total. The first-order valence-corrected chi connectivity index (χ1v) is 9.86. The van der Waals surface area contributed by atoms with Gasteiger partial charge in [-0.1, -0.05) is 11.2 Å². The van der Waals surface area contributed by atoms with Crippen molar-refractivity contribution >= 4 is 23.1 Å². The lowest BCUT2D eigenvalue weighted by atomic mass is 10.1. The van der Waals surface area contributed by atoms with Gasteiger partial charge >= 0.3 is 0 Å². The Kier molecular flexibility index (Phi) is 4.49. The molecular weight excluding hydrogens is 392 g/mol. The fraction of sp³-hybridized carbons (Fsp3) is 0.150. The Hall–Kier alpha value is -3.59. The smallest absolute Gasteiger partial charge is 0.279 e. The van der Waals surface area contributed by atoms with Crippen molar-refractivity contribution in [1.82, 2.24) is 14.9 Å². The fourth-order valence-corrected chi connectivity index (χ4v) is 3.70. The number of ether oxygens (including phenoxy) is 2. The van der Waals surface area contributed by atoms with Crippen molar-refractivity contribution in [3.8, 4) is 22.8 Å². The van der Waals surface area contributed by atoms with Crippen molar-refractivity contribution in [2.45, 2.75) is 6.54 Å². The molecule has 0 unspecified atom stereocenters. The number of thiophene rings is 1. The number of nitrogens with one attached hydrogen (secondary N) is 1. The first kappa shape index (κ1) is 17.5. The predicted octanol–water partition coefficient (Wildman–Crippen LogP) is 3.67. The van der Waals surface area contributed by atoms with E-state index >= 15 is 0 Å². The molecule has 9 heteroatoms. The van der Waals surface area contributed by atoms with E-state index in [2.05, 4.69) is 15.6 Å². The number of fused-ring (bicyclic) bond motifs is 1. The van der Waals surface area contributed by atoms with E-state index in [9.17, 15) is 4.79 Å². The number of benzene rings is 1. The maximum absolute atomic E-state index is 12.6. The van der Waals surface area contributed by atoms with Crippen LogP contribution in [0.4, 0.5) is 5.82 Å². The molecule has 29 heavy (non-hydrogen) atoms. The quantitative estimate of drug-likeness (QED) is 0.542. The molecule has 0 fully saturated rings. The van der Waals surface area contributed by atoms with Crippen LogP contribution in [-0.4, -0.2) is 34.1 Å². The average Bonchev–Trinajstić information content (AvgIpc) is 3.51. The number of carbonyl (C=O) groups excluding carboxylic acids is 1. The highest BCUT2D eigenvalue weighted by Gasteiger charge is 2.18. The van der Waals surface area contributed by atoms with Crippen molar-refractivity contribution in [2.75, 3.05) is 18.5 Å². The first-order chi connectivity index (χ1) is 14.3. The van der Waals surface area contributed by atoms with Crippen LogP contribution in [0.2, 0.25) is 0 Å². The molecule has 0 saturated carbocycles. The number of amides is 1. The van der Waals surface area contributed by atoms with E-state index < -0.39 is 0 Å². The lowest BCUT2D eigenvalue weighted by Gasteiger charge is -2.18. The van der Waals surface area contributed by atoms with Gasteiger partial charge in [0.2, 0.25) is 0 Å². The van der Waals surface area contributed by atoms with Crippen molar-refractivity contribution < 1.29 is 18.8 Å². The van der Waals surface area contributed by atoms with Crippen LogP contribution in [0.3, 0.4) is 0 Å². The Balaban J connectivity index is 1.32. The Morgan fingerprint density at radius 2 is 2.03 bits per heavy atom. The van der Waals surface area contributed by atoms with Gasteiger partial charge in [0.15, 0.2) is 23.0 Å². The zero-order valence-corrected chi connectivity index (χ0v) is 16.0. The highest BCUT2D eigenvalue weighted by atomic mass is 32.1. The molecule has 1 aliphatic rings. The van der Waals surface area contributed by atoms with Gasteiger partial charge in [0.25, 0.3) is 5.91 Å². The molecule has 0 saturated heterocycles. The van der Waals surface area contributed by atoms with Crippen LogP contribution in [0.15, 0.2) is 58.6 Å². The average molecular weight is 408 g/mol. The Morgan fingerprint density at radius 3 is 2.90 bits per heavy atom. The van der Waals surface area contributed by atoms with Gasteiger partial charge in [0.1, 0.15) is 19.0 Å². The maximum atomic E-state index is 12.6. The molecule has 5 rings (SSSR count). The zero-order valence-electron chi connectivity index (χ0n) is 15.2. The highest BCUT2D eigenvalue weighted by Crippen LogP contribution is 2.34. The van der Waals surface area contributed by atoms with Gasteiger partial charge in [-0.15, -0.1) is 11.3 Å². The second kappa shape index (κ2) is 7.44. The Bertz CT molecular complexity index is 1150. The third-order valence-corrected chi connectivity index (χ3v) is 5.27. The number of carbonyl (C=O) groups is 1. The van der Waals surface area contributed by atoms with Crippen LogP contribution in [0.5, 0.6) is 11.5 Å². The van der Waals surface area contributed by atoms with Crippen LogP contribution in [-0.2, 0) is 6.54 Å². The second-order valence-corrected chi connectivity index (χ2v) is 7.37. The minimum atomic E-state index is -0.370. The number of rotatable bonds is 5. The Labute approximate surface area is 169 Å². The SMILES string of the molecule is O=C(Nc1ccnn1Cc1cccs1)c1cc(-c2ccc3c(c2)OCCO3)on1. The van der Waals surface area contributed by atoms with Gasteiger partial charge in [-0.3, -0.25) is 4.79 Å². The highest BCUT2D eigenvalue weighted by molar-refractivity contribution is 7.09. The van der Waals surface area contributed by atoms with E-state index in [0.29, 0.717) is 42.8 Å². The van der Waals surface area contributed by atoms with Gasteiger partial charge in [-0.2, -0.15) is 5.10 Å². The number of aromatic nitrogens is 3. The monoisotopic (exact) mass is 408 g/mol. The molecule has 4 aromatic rings. The molecule has 0 atom stereocenters. The summed E-state index contributed by atoms with van der Waals surface area (Å²) >= 11 is 1.64. The summed E-state index contributed by atoms with van der Waals surface area (Å²) in [5.74, 6) is 2.03. The van der Waals surface area contributed by atoms with Crippen LogP contribution >= 0.6 is 11.3 Å². The fourth-order valence-electron chi connectivity index (χ4n) is 3.01. The minimum absolute atomic E-state index is 0.179. The van der Waals surface area contributed by atoms with Crippen LogP contribution in [0.1, 0.15) is 15.4 Å². The van der Waals surface area contributed by atoms with E-state index in [-0.39, 0.29) is 11.6 Å². The van der Waals surface area contributed by atoms with Crippen molar-refractivity contribution in [1.29, 1.82) is 0 Å². The van der Waals surface area contributed by atoms with Crippen LogP contribution < -0.4 is 14.8 Å². The summed E-state index contributed by atoms with van der Waals surface area (Å²) in [4.78, 5) is 13.8. The molecule has 4 heterocycles. The molecule has 0 aliphatic carbocycles. The maximum Gasteiger partial charge on any atom is 0.279 e. The van der Waals surface area contributed by atoms with E-state index in [1.54, 1.807) is 34.3 Å². The first-order valence-electron chi connectivity index (χ1n) is 8.98. The molecule has 0 radical (unpaired) electrons. The molecule has 0 spiro atoms. The summed E-state index contributed by atoms with van der Waals surface area (Å²) < 4.78 is 18.2. The van der Waals surface area contributed by atoms with E-state index in [0.717, 1.165) is 10.4 Å². The molecular formula is C20H16N4O4S. The standard InChI is InChI=1S/C20H16N4O4S/c25-20(22-19-5-6-21-24(19)12-14-2-1-9-29-14)15-11-17(28-23-15)13-3-4-16-18(10-13)27-8-7-26-16/h1-6,9-11H,7-8,12H2,(H,22,25). The summed E-state index contributed by atoms with van der Waals surface area (Å²) in [5, 5.41) is 13.0. The third kappa shape index (κ3) is 3.59. The zero-order chi connectivity index (χ0) is 19.6. The van der Waals surface area contributed by atoms with Crippen LogP contribution in [0.25, 0.3) is 11.3 Å². The molecule has 8 nitrogen and oxygen atoms in total. The van der Waals surface area contributed by atoms with Gasteiger partial charge in [-0.25, -0.2) is 4.68 Å². The van der Waals surface area contributed by atoms with Gasteiger partial charge in [-0.05, 0) is 29.6 Å². The molecule has 3 aromatic heterocycles. The lowest BCUT2D eigenvalue weighted by molar-refractivity contribution is 0.101. The lowest BCUT2D eigenvalue weighted by Crippen LogP contribution is -2.16. The summed E-state index contributed by atoms with van der Waals surface area (Å²) in [6.45, 7) is 1.61. The molecule has 1 aromatic carbocycles. The molecule has 1 aliphatic heterocycles. The van der Waals surface area contributed by atoms with Gasteiger partial charge in [0.05, 0.1) is 12.7 Å². The van der Waals surface area contributed by atoms with E-state index in [4.69, 9.17) is 14.0 Å². The molecule has 146 valence electrons. The molecule has 0 bridgehead atoms. The number of hydrogen-bond acceptors (Lipinski definition) is 7. The Morgan fingerprint density at radius 1 is 1.14 bits per heavy atom. The van der Waals surface area contributed by atoms with E-state index in [1.807, 2.05) is 35.7 Å². The topological polar surface area (TPSA) is 91.4 Å². The minimum Gasteiger partial charge on any atom is -0.486 e. The summed E-state index contributed by atoms with van der Waals surface area (Å²) in [7, 11) is 0. The number of nitrogens with zero attached hydrogens (tertiary/aromatic N) is 3. The number of hydrogen-bond donors (Lipinski definition) is 1. The number of anilines is 1. The van der Waals surface area contributed by atoms with Crippen molar-refractivity contribution in [2.24, 2.45) is 0 Å². The van der Waals surface area contributed by atoms with Crippen LogP contribution in [0, 0.1) is 0 Å². The van der Waals surface area contributed by atoms with Crippen molar-refractivity contribution in [3.05, 3.63) is 64.6 Å². The van der Waals surface area contributed by atoms with Crippen molar-refractivity contribution in [3.63, 3.8) is 0 Å². The largest absolute Gasteiger partial charge is 0.486 e. The second-order valence-electron chi connectivity index (χ2n) is 6.34. The summed E-state index contributed by atoms with van der Waals surface area (Å²) in [6, 6.07) is 12.8. The molecule has 1 amide bonds. The third-order valence-electron chi connectivity index (χ3n) is 4.41. The van der Waals surface area contributed by atoms with Gasteiger partial charge < -0.3 is 19.3 Å². The summed E-state index contributed by atoms with van der Waals surface area (Å²) in [6.07, 6.45) is 1.65. The predicted molar refractivity (Wildman–Crippen MR) is 107 cm³/mol. The normalized spacial score (nSPS) is 12.7. The van der Waals surface area contributed by atoms with Gasteiger partial charge in [0, 0.05) is 22.6 Å². The summed E-state index contributed by atoms with van der Waals surface area (Å²) in [5.41, 5.74) is 0.933.